The van der Waals surface area contributed by atoms with Crippen LogP contribution in [-0.4, -0.2) is 16.6 Å². The predicted molar refractivity (Wildman–Crippen MR) is 22.7 cm³/mol. The van der Waals surface area contributed by atoms with E-state index in [1.165, 1.54) is 0 Å². The fraction of sp³-hybridized carbons (Fsp3) is 0.750. The van der Waals surface area contributed by atoms with Gasteiger partial charge < -0.3 is 5.11 Å². The van der Waals surface area contributed by atoms with Gasteiger partial charge in [0.05, 0.1) is 0 Å². The fourth-order valence-electron chi connectivity index (χ4n) is 0.339. The Morgan fingerprint density at radius 2 is 2.14 bits per heavy atom. The predicted octanol–water partition coefficient (Wildman–Crippen LogP) is -0.114. The molecule has 0 aromatic heterocycles. The number of carboxylic acid groups (broad SMARTS) is 1. The lowest BCUT2D eigenvalue weighted by molar-refractivity contribution is -0.139. The van der Waals surface area contributed by atoms with Gasteiger partial charge in [-0.3, -0.25) is 4.79 Å². The highest BCUT2D eigenvalue weighted by Gasteiger charge is 2.47. The minimum Gasteiger partial charge on any atom is -0.480 e. The van der Waals surface area contributed by atoms with Crippen molar-refractivity contribution in [3.05, 3.63) is 0 Å². The molecule has 2 N–H and O–H groups in total. The molecule has 0 atom stereocenters. The number of rotatable bonds is 1. The molecule has 0 bridgehead atoms. The molecule has 3 heteroatoms. The largest absolute Gasteiger partial charge is 0.480 e. The Bertz CT molecular complexity index is 106. The van der Waals surface area contributed by atoms with Crippen LogP contribution in [0.5, 0.6) is 0 Å². The van der Waals surface area contributed by atoms with Gasteiger partial charge in [-0.1, -0.05) is 0 Å². The van der Waals surface area contributed by atoms with Crippen molar-refractivity contribution < 1.29 is 9.90 Å². The summed E-state index contributed by atoms with van der Waals surface area (Å²) < 4.78 is 0. The summed E-state index contributed by atoms with van der Waals surface area (Å²) in [4.78, 5) is 9.90. The molecule has 0 aliphatic heterocycles. The Morgan fingerprint density at radius 3 is 2.14 bits per heavy atom. The average molecular weight is 100 g/mol. The molecule has 0 spiro atoms. The number of hydrogen-bond donors (Lipinski definition) is 1. The van der Waals surface area contributed by atoms with Crippen LogP contribution in [-0.2, 0) is 4.79 Å². The van der Waals surface area contributed by atoms with Crippen molar-refractivity contribution in [1.29, 1.82) is 0 Å². The standard InChI is InChI=1S/C4H6NO2/c5-4(1-2-4)3(6)7/h5H,1-2H2,(H,6,7). The minimum absolute atomic E-state index is 0.530. The molecule has 1 aliphatic rings. The highest BCUT2D eigenvalue weighted by atomic mass is 16.4. The number of aliphatic carboxylic acids is 1. The molecule has 1 radical (unpaired) electrons. The van der Waals surface area contributed by atoms with E-state index in [0.717, 1.165) is 0 Å². The third-order valence-corrected chi connectivity index (χ3v) is 1.16. The molecule has 3 nitrogen and oxygen atoms in total. The molecular formula is C4H6NO2. The molecule has 0 aromatic carbocycles. The number of carboxylic acids is 1. The highest BCUT2D eigenvalue weighted by Crippen LogP contribution is 2.33. The van der Waals surface area contributed by atoms with E-state index in [-0.39, 0.29) is 0 Å². The quantitative estimate of drug-likeness (QED) is 0.499. The maximum atomic E-state index is 9.90. The van der Waals surface area contributed by atoms with Crippen molar-refractivity contribution in [2.45, 2.75) is 18.4 Å². The first-order valence-electron chi connectivity index (χ1n) is 2.13. The summed E-state index contributed by atoms with van der Waals surface area (Å²) in [6.07, 6.45) is 1.06. The first-order valence-corrected chi connectivity index (χ1v) is 2.13. The Balaban J connectivity index is 2.55. The summed E-state index contributed by atoms with van der Waals surface area (Å²) in [7, 11) is 0. The molecule has 0 amide bonds. The summed E-state index contributed by atoms with van der Waals surface area (Å²) in [5.74, 6) is -0.979. The van der Waals surface area contributed by atoms with Crippen molar-refractivity contribution in [2.75, 3.05) is 0 Å². The van der Waals surface area contributed by atoms with Gasteiger partial charge in [-0.15, -0.1) is 0 Å². The van der Waals surface area contributed by atoms with E-state index in [1.54, 1.807) is 0 Å². The van der Waals surface area contributed by atoms with Crippen molar-refractivity contribution in [2.24, 2.45) is 0 Å². The van der Waals surface area contributed by atoms with Crippen LogP contribution in [0.25, 0.3) is 0 Å². The summed E-state index contributed by atoms with van der Waals surface area (Å²) in [5, 5.41) is 8.12. The fourth-order valence-corrected chi connectivity index (χ4v) is 0.339. The Labute approximate surface area is 41.1 Å². The van der Waals surface area contributed by atoms with E-state index >= 15 is 0 Å². The maximum absolute atomic E-state index is 9.90. The molecule has 0 saturated heterocycles. The van der Waals surface area contributed by atoms with Gasteiger partial charge in [0.1, 0.15) is 5.54 Å². The van der Waals surface area contributed by atoms with Gasteiger partial charge >= 0.3 is 5.97 Å². The first kappa shape index (κ1) is 4.59. The summed E-state index contributed by atoms with van der Waals surface area (Å²) in [6.45, 7) is 0. The lowest BCUT2D eigenvalue weighted by atomic mass is 10.3. The van der Waals surface area contributed by atoms with Crippen LogP contribution >= 0.6 is 0 Å². The number of carbonyl (C=O) groups is 1. The van der Waals surface area contributed by atoms with Crippen molar-refractivity contribution in [1.82, 2.24) is 5.73 Å². The summed E-state index contributed by atoms with van der Waals surface area (Å²) in [6, 6.07) is 0. The number of nitrogens with one attached hydrogen (secondary N) is 1. The zero-order valence-corrected chi connectivity index (χ0v) is 3.77. The molecule has 7 heavy (non-hydrogen) atoms. The molecule has 0 aromatic rings. The van der Waals surface area contributed by atoms with Gasteiger partial charge in [-0.25, -0.2) is 5.73 Å². The molecule has 1 fully saturated rings. The molecule has 1 rings (SSSR count). The molecule has 1 aliphatic carbocycles. The number of hydrogen-bond acceptors (Lipinski definition) is 1. The molecular weight excluding hydrogens is 94.0 g/mol. The smallest absolute Gasteiger partial charge is 0.325 e. The van der Waals surface area contributed by atoms with Gasteiger partial charge in [0.15, 0.2) is 0 Å². The van der Waals surface area contributed by atoms with Crippen LogP contribution in [0.1, 0.15) is 12.8 Å². The highest BCUT2D eigenvalue weighted by molar-refractivity contribution is 5.81. The van der Waals surface area contributed by atoms with Crippen LogP contribution < -0.4 is 5.73 Å². The normalized spacial score (nSPS) is 24.1. The zero-order chi connectivity index (χ0) is 5.49. The third-order valence-electron chi connectivity index (χ3n) is 1.16. The Morgan fingerprint density at radius 1 is 1.71 bits per heavy atom. The molecule has 1 saturated carbocycles. The van der Waals surface area contributed by atoms with Crippen molar-refractivity contribution >= 4 is 5.97 Å². The Kier molecular flexibility index (Phi) is 0.642. The molecule has 39 valence electrons. The van der Waals surface area contributed by atoms with Gasteiger partial charge in [0, 0.05) is 0 Å². The van der Waals surface area contributed by atoms with Gasteiger partial charge in [0.25, 0.3) is 0 Å². The summed E-state index contributed by atoms with van der Waals surface area (Å²) >= 11 is 0. The minimum atomic E-state index is -1.08. The van der Waals surface area contributed by atoms with Gasteiger partial charge in [-0.2, -0.15) is 0 Å². The van der Waals surface area contributed by atoms with E-state index in [4.69, 9.17) is 10.8 Å². The van der Waals surface area contributed by atoms with E-state index in [0.29, 0.717) is 12.8 Å². The SMILES string of the molecule is [NH]C1(C(=O)O)CC1. The van der Waals surface area contributed by atoms with Crippen molar-refractivity contribution in [3.8, 4) is 0 Å². The van der Waals surface area contributed by atoms with Crippen LogP contribution in [0.3, 0.4) is 0 Å². The van der Waals surface area contributed by atoms with Crippen LogP contribution in [0, 0.1) is 0 Å². The summed E-state index contributed by atoms with van der Waals surface area (Å²) in [5.41, 5.74) is 5.81. The Hall–Kier alpha value is -0.570. The van der Waals surface area contributed by atoms with Crippen molar-refractivity contribution in [3.63, 3.8) is 0 Å². The molecule has 0 heterocycles. The van der Waals surface area contributed by atoms with E-state index < -0.39 is 11.5 Å². The third kappa shape index (κ3) is 0.587. The van der Waals surface area contributed by atoms with Crippen LogP contribution in [0.4, 0.5) is 0 Å². The maximum Gasteiger partial charge on any atom is 0.325 e. The van der Waals surface area contributed by atoms with Gasteiger partial charge in [0.2, 0.25) is 0 Å². The second-order valence-corrected chi connectivity index (χ2v) is 1.89. The van der Waals surface area contributed by atoms with E-state index in [9.17, 15) is 4.79 Å². The second-order valence-electron chi connectivity index (χ2n) is 1.89. The lowest BCUT2D eigenvalue weighted by Crippen LogP contribution is -2.22. The second kappa shape index (κ2) is 0.980. The van der Waals surface area contributed by atoms with Crippen LogP contribution in [0.15, 0.2) is 0 Å². The monoisotopic (exact) mass is 100 g/mol. The first-order chi connectivity index (χ1) is 3.15. The topological polar surface area (TPSA) is 61.1 Å². The zero-order valence-electron chi connectivity index (χ0n) is 3.77. The molecule has 0 unspecified atom stereocenters. The van der Waals surface area contributed by atoms with Crippen LogP contribution in [0.2, 0.25) is 0 Å². The van der Waals surface area contributed by atoms with E-state index in [1.807, 2.05) is 0 Å². The average Bonchev–Trinajstić information content (AvgIpc) is 2.21. The van der Waals surface area contributed by atoms with Gasteiger partial charge in [-0.05, 0) is 12.8 Å². The van der Waals surface area contributed by atoms with E-state index in [2.05, 4.69) is 0 Å². The lowest BCUT2D eigenvalue weighted by Gasteiger charge is -1.93.